The van der Waals surface area contributed by atoms with Crippen LogP contribution in [-0.2, 0) is 0 Å². The lowest BCUT2D eigenvalue weighted by molar-refractivity contribution is 0.629. The second-order valence-electron chi connectivity index (χ2n) is 4.17. The van der Waals surface area contributed by atoms with Crippen LogP contribution in [0, 0.1) is 12.7 Å². The highest BCUT2D eigenvalue weighted by Gasteiger charge is 2.07. The molecule has 0 saturated carbocycles. The van der Waals surface area contributed by atoms with Gasteiger partial charge in [0.15, 0.2) is 0 Å². The second kappa shape index (κ2) is 4.18. The topological polar surface area (TPSA) is 25.8 Å². The number of rotatable bonds is 1. The monoisotopic (exact) mass is 238 g/mol. The molecule has 0 aliphatic rings. The van der Waals surface area contributed by atoms with E-state index in [9.17, 15) is 4.39 Å². The van der Waals surface area contributed by atoms with Crippen LogP contribution in [-0.4, -0.2) is 9.97 Å². The Labute approximate surface area is 104 Å². The Kier molecular flexibility index (Phi) is 2.52. The Morgan fingerprint density at radius 1 is 1.06 bits per heavy atom. The SMILES string of the molecule is Cc1nc2ccc(F)cc2cc1-c1ccccn1. The van der Waals surface area contributed by atoms with Gasteiger partial charge in [-0.2, -0.15) is 0 Å². The molecule has 0 fully saturated rings. The van der Waals surface area contributed by atoms with E-state index in [0.717, 1.165) is 27.9 Å². The quantitative estimate of drug-likeness (QED) is 0.645. The van der Waals surface area contributed by atoms with Crippen LogP contribution in [0.1, 0.15) is 5.69 Å². The third kappa shape index (κ3) is 1.84. The highest BCUT2D eigenvalue weighted by Crippen LogP contribution is 2.24. The Balaban J connectivity index is 2.27. The zero-order chi connectivity index (χ0) is 12.5. The molecular weight excluding hydrogens is 227 g/mol. The predicted molar refractivity (Wildman–Crippen MR) is 69.7 cm³/mol. The summed E-state index contributed by atoms with van der Waals surface area (Å²) in [6.45, 7) is 1.94. The molecule has 0 aliphatic carbocycles. The van der Waals surface area contributed by atoms with Gasteiger partial charge in [-0.05, 0) is 43.3 Å². The number of pyridine rings is 2. The summed E-state index contributed by atoms with van der Waals surface area (Å²) >= 11 is 0. The van der Waals surface area contributed by atoms with E-state index in [1.165, 1.54) is 12.1 Å². The fourth-order valence-corrected chi connectivity index (χ4v) is 2.03. The van der Waals surface area contributed by atoms with Crippen molar-refractivity contribution in [2.45, 2.75) is 6.92 Å². The first-order valence-electron chi connectivity index (χ1n) is 5.72. The van der Waals surface area contributed by atoms with Crippen molar-refractivity contribution in [3.8, 4) is 11.3 Å². The standard InChI is InChI=1S/C15H11FN2/c1-10-13(15-4-2-3-7-17-15)9-11-8-12(16)5-6-14(11)18-10/h2-9H,1H3. The van der Waals surface area contributed by atoms with Gasteiger partial charge in [0.05, 0.1) is 11.2 Å². The van der Waals surface area contributed by atoms with Crippen molar-refractivity contribution >= 4 is 10.9 Å². The number of halogens is 1. The van der Waals surface area contributed by atoms with E-state index in [-0.39, 0.29) is 5.82 Å². The highest BCUT2D eigenvalue weighted by atomic mass is 19.1. The fourth-order valence-electron chi connectivity index (χ4n) is 2.03. The normalized spacial score (nSPS) is 10.8. The molecule has 2 aromatic heterocycles. The fraction of sp³-hybridized carbons (Fsp3) is 0.0667. The summed E-state index contributed by atoms with van der Waals surface area (Å²) in [4.78, 5) is 8.79. The van der Waals surface area contributed by atoms with Crippen LogP contribution in [0.25, 0.3) is 22.2 Å². The first-order valence-corrected chi connectivity index (χ1v) is 5.72. The van der Waals surface area contributed by atoms with Gasteiger partial charge in [0.25, 0.3) is 0 Å². The minimum absolute atomic E-state index is 0.250. The van der Waals surface area contributed by atoms with Gasteiger partial charge in [-0.3, -0.25) is 9.97 Å². The first kappa shape index (κ1) is 10.8. The lowest BCUT2D eigenvalue weighted by Gasteiger charge is -2.06. The Morgan fingerprint density at radius 2 is 1.94 bits per heavy atom. The third-order valence-corrected chi connectivity index (χ3v) is 2.91. The summed E-state index contributed by atoms with van der Waals surface area (Å²) in [5, 5.41) is 0.793. The van der Waals surface area contributed by atoms with Crippen molar-refractivity contribution in [1.29, 1.82) is 0 Å². The minimum atomic E-state index is -0.250. The zero-order valence-corrected chi connectivity index (χ0v) is 9.89. The molecule has 0 radical (unpaired) electrons. The van der Waals surface area contributed by atoms with Gasteiger partial charge >= 0.3 is 0 Å². The van der Waals surface area contributed by atoms with Crippen molar-refractivity contribution in [3.63, 3.8) is 0 Å². The lowest BCUT2D eigenvalue weighted by atomic mass is 10.1. The van der Waals surface area contributed by atoms with Crippen LogP contribution < -0.4 is 0 Å². The summed E-state index contributed by atoms with van der Waals surface area (Å²) in [5.41, 5.74) is 3.49. The van der Waals surface area contributed by atoms with Crippen molar-refractivity contribution in [1.82, 2.24) is 9.97 Å². The molecule has 3 aromatic rings. The van der Waals surface area contributed by atoms with Gasteiger partial charge in [-0.15, -0.1) is 0 Å². The van der Waals surface area contributed by atoms with E-state index in [1.54, 1.807) is 12.3 Å². The molecule has 0 saturated heterocycles. The van der Waals surface area contributed by atoms with Gasteiger partial charge in [0.2, 0.25) is 0 Å². The van der Waals surface area contributed by atoms with Crippen molar-refractivity contribution in [2.75, 3.05) is 0 Å². The molecule has 0 N–H and O–H groups in total. The number of fused-ring (bicyclic) bond motifs is 1. The number of hydrogen-bond donors (Lipinski definition) is 0. The number of hydrogen-bond acceptors (Lipinski definition) is 2. The predicted octanol–water partition coefficient (Wildman–Crippen LogP) is 3.74. The van der Waals surface area contributed by atoms with Crippen LogP contribution in [0.2, 0.25) is 0 Å². The molecule has 0 atom stereocenters. The van der Waals surface area contributed by atoms with Gasteiger partial charge in [0.1, 0.15) is 5.82 Å². The lowest BCUT2D eigenvalue weighted by Crippen LogP contribution is -1.91. The third-order valence-electron chi connectivity index (χ3n) is 2.91. The van der Waals surface area contributed by atoms with Crippen molar-refractivity contribution < 1.29 is 4.39 Å². The molecule has 0 aliphatic heterocycles. The molecule has 18 heavy (non-hydrogen) atoms. The van der Waals surface area contributed by atoms with Crippen LogP contribution in [0.5, 0.6) is 0 Å². The molecule has 0 amide bonds. The van der Waals surface area contributed by atoms with Crippen LogP contribution in [0.3, 0.4) is 0 Å². The summed E-state index contributed by atoms with van der Waals surface area (Å²) in [5.74, 6) is -0.250. The molecule has 88 valence electrons. The molecule has 0 unspecified atom stereocenters. The van der Waals surface area contributed by atoms with Crippen LogP contribution in [0.4, 0.5) is 4.39 Å². The van der Waals surface area contributed by atoms with Gasteiger partial charge < -0.3 is 0 Å². The van der Waals surface area contributed by atoms with Gasteiger partial charge in [-0.1, -0.05) is 6.07 Å². The molecule has 1 aromatic carbocycles. The van der Waals surface area contributed by atoms with Crippen LogP contribution >= 0.6 is 0 Å². The Morgan fingerprint density at radius 3 is 2.72 bits per heavy atom. The van der Waals surface area contributed by atoms with E-state index in [2.05, 4.69) is 9.97 Å². The summed E-state index contributed by atoms with van der Waals surface area (Å²) < 4.78 is 13.2. The highest BCUT2D eigenvalue weighted by molar-refractivity contribution is 5.84. The number of aromatic nitrogens is 2. The van der Waals surface area contributed by atoms with E-state index in [0.29, 0.717) is 0 Å². The van der Waals surface area contributed by atoms with Crippen molar-refractivity contribution in [2.24, 2.45) is 0 Å². The van der Waals surface area contributed by atoms with E-state index < -0.39 is 0 Å². The first-order chi connectivity index (χ1) is 8.74. The Hall–Kier alpha value is -2.29. The molecule has 2 nitrogen and oxygen atoms in total. The van der Waals surface area contributed by atoms with E-state index in [1.807, 2.05) is 31.2 Å². The smallest absolute Gasteiger partial charge is 0.123 e. The number of aryl methyl sites for hydroxylation is 1. The summed E-state index contributed by atoms with van der Waals surface area (Å²) in [7, 11) is 0. The molecule has 0 bridgehead atoms. The molecule has 3 rings (SSSR count). The maximum atomic E-state index is 13.2. The maximum absolute atomic E-state index is 13.2. The second-order valence-corrected chi connectivity index (χ2v) is 4.17. The minimum Gasteiger partial charge on any atom is -0.256 e. The number of nitrogens with zero attached hydrogens (tertiary/aromatic N) is 2. The van der Waals surface area contributed by atoms with Crippen LogP contribution in [0.15, 0.2) is 48.7 Å². The zero-order valence-electron chi connectivity index (χ0n) is 9.89. The van der Waals surface area contributed by atoms with Gasteiger partial charge in [0, 0.05) is 22.8 Å². The van der Waals surface area contributed by atoms with E-state index in [4.69, 9.17) is 0 Å². The van der Waals surface area contributed by atoms with Crippen molar-refractivity contribution in [3.05, 3.63) is 60.2 Å². The summed E-state index contributed by atoms with van der Waals surface area (Å²) in [6, 6.07) is 12.3. The maximum Gasteiger partial charge on any atom is 0.123 e. The molecule has 2 heterocycles. The average Bonchev–Trinajstić information content (AvgIpc) is 2.39. The Bertz CT molecular complexity index is 708. The van der Waals surface area contributed by atoms with E-state index >= 15 is 0 Å². The summed E-state index contributed by atoms with van der Waals surface area (Å²) in [6.07, 6.45) is 1.74. The van der Waals surface area contributed by atoms with Gasteiger partial charge in [-0.25, -0.2) is 4.39 Å². The number of benzene rings is 1. The average molecular weight is 238 g/mol. The molecular formula is C15H11FN2. The molecule has 3 heteroatoms. The largest absolute Gasteiger partial charge is 0.256 e. The molecule has 0 spiro atoms.